The first-order chi connectivity index (χ1) is 10.2. The molecule has 2 fully saturated rings. The summed E-state index contributed by atoms with van der Waals surface area (Å²) in [6.45, 7) is 17.2. The molecule has 0 amide bonds. The smallest absolute Gasteiger partial charge is 0.0701 e. The molecule has 1 heterocycles. The molecular formula is C20H36O2. The minimum absolute atomic E-state index is 0.00721. The second-order valence-corrected chi connectivity index (χ2v) is 8.68. The van der Waals surface area contributed by atoms with Crippen LogP contribution >= 0.6 is 0 Å². The zero-order valence-electron chi connectivity index (χ0n) is 15.4. The van der Waals surface area contributed by atoms with Crippen LogP contribution in [0, 0.1) is 17.3 Å². The van der Waals surface area contributed by atoms with Crippen LogP contribution < -0.4 is 0 Å². The van der Waals surface area contributed by atoms with E-state index in [1.165, 1.54) is 24.8 Å². The average molecular weight is 309 g/mol. The molecule has 128 valence electrons. The monoisotopic (exact) mass is 308 g/mol. The molecule has 4 unspecified atom stereocenters. The van der Waals surface area contributed by atoms with Crippen LogP contribution in [0.5, 0.6) is 0 Å². The fraction of sp³-hybridized carbons (Fsp3) is 0.900. The molecule has 0 N–H and O–H groups in total. The highest BCUT2D eigenvalue weighted by atomic mass is 16.5. The Balaban J connectivity index is 1.86. The van der Waals surface area contributed by atoms with Crippen LogP contribution in [-0.2, 0) is 9.47 Å². The van der Waals surface area contributed by atoms with Crippen molar-refractivity contribution in [1.29, 1.82) is 0 Å². The van der Waals surface area contributed by atoms with Gasteiger partial charge in [-0.3, -0.25) is 0 Å². The summed E-state index contributed by atoms with van der Waals surface area (Å²) in [6, 6.07) is 0. The summed E-state index contributed by atoms with van der Waals surface area (Å²) in [5.74, 6) is 1.63. The Bertz CT molecular complexity index is 387. The van der Waals surface area contributed by atoms with Crippen LogP contribution in [0.4, 0.5) is 0 Å². The van der Waals surface area contributed by atoms with Gasteiger partial charge in [0, 0.05) is 13.0 Å². The van der Waals surface area contributed by atoms with Gasteiger partial charge >= 0.3 is 0 Å². The van der Waals surface area contributed by atoms with Gasteiger partial charge in [-0.15, -0.1) is 6.58 Å². The molecule has 1 saturated carbocycles. The fourth-order valence-electron chi connectivity index (χ4n) is 4.17. The van der Waals surface area contributed by atoms with Gasteiger partial charge in [-0.1, -0.05) is 26.3 Å². The van der Waals surface area contributed by atoms with E-state index in [0.29, 0.717) is 11.5 Å². The predicted octanol–water partition coefficient (Wildman–Crippen LogP) is 5.37. The SMILES string of the molecule is C=C(C)CCOC1(C)CCOC(CC2CCC(C)C2(C)C)C1. The zero-order valence-corrected chi connectivity index (χ0v) is 15.4. The summed E-state index contributed by atoms with van der Waals surface area (Å²) in [7, 11) is 0. The van der Waals surface area contributed by atoms with Gasteiger partial charge in [-0.25, -0.2) is 0 Å². The number of rotatable bonds is 6. The Morgan fingerprint density at radius 2 is 2.00 bits per heavy atom. The van der Waals surface area contributed by atoms with Crippen LogP contribution in [0.15, 0.2) is 12.2 Å². The molecule has 1 saturated heterocycles. The summed E-state index contributed by atoms with van der Waals surface area (Å²) in [6.07, 6.45) is 7.34. The maximum absolute atomic E-state index is 6.21. The molecular weight excluding hydrogens is 272 g/mol. The second kappa shape index (κ2) is 7.05. The summed E-state index contributed by atoms with van der Waals surface area (Å²) < 4.78 is 12.3. The van der Waals surface area contributed by atoms with E-state index in [1.54, 1.807) is 0 Å². The lowest BCUT2D eigenvalue weighted by Gasteiger charge is -2.41. The fourth-order valence-corrected chi connectivity index (χ4v) is 4.17. The Morgan fingerprint density at radius 1 is 1.27 bits per heavy atom. The number of ether oxygens (including phenoxy) is 2. The predicted molar refractivity (Wildman–Crippen MR) is 93.0 cm³/mol. The van der Waals surface area contributed by atoms with Gasteiger partial charge in [0.25, 0.3) is 0 Å². The lowest BCUT2D eigenvalue weighted by atomic mass is 9.73. The van der Waals surface area contributed by atoms with Crippen LogP contribution in [0.1, 0.15) is 73.1 Å². The molecule has 0 radical (unpaired) electrons. The molecule has 2 rings (SSSR count). The minimum atomic E-state index is -0.00721. The quantitative estimate of drug-likeness (QED) is 0.614. The van der Waals surface area contributed by atoms with E-state index in [9.17, 15) is 0 Å². The first-order valence-electron chi connectivity index (χ1n) is 9.13. The minimum Gasteiger partial charge on any atom is -0.378 e. The largest absolute Gasteiger partial charge is 0.378 e. The zero-order chi connectivity index (χ0) is 16.4. The third kappa shape index (κ3) is 4.35. The number of hydrogen-bond acceptors (Lipinski definition) is 2. The Hall–Kier alpha value is -0.340. The van der Waals surface area contributed by atoms with Crippen molar-refractivity contribution in [3.05, 3.63) is 12.2 Å². The van der Waals surface area contributed by atoms with Gasteiger partial charge in [0.05, 0.1) is 18.3 Å². The van der Waals surface area contributed by atoms with Gasteiger partial charge in [0.1, 0.15) is 0 Å². The van der Waals surface area contributed by atoms with Crippen molar-refractivity contribution in [3.63, 3.8) is 0 Å². The van der Waals surface area contributed by atoms with Crippen molar-refractivity contribution in [2.75, 3.05) is 13.2 Å². The Kier molecular flexibility index (Phi) is 5.77. The van der Waals surface area contributed by atoms with Crippen molar-refractivity contribution in [2.45, 2.75) is 84.8 Å². The molecule has 2 nitrogen and oxygen atoms in total. The van der Waals surface area contributed by atoms with Crippen molar-refractivity contribution in [2.24, 2.45) is 17.3 Å². The van der Waals surface area contributed by atoms with E-state index in [4.69, 9.17) is 9.47 Å². The summed E-state index contributed by atoms with van der Waals surface area (Å²) in [5.41, 5.74) is 1.65. The topological polar surface area (TPSA) is 18.5 Å². The molecule has 4 atom stereocenters. The molecule has 0 spiro atoms. The molecule has 0 bridgehead atoms. The van der Waals surface area contributed by atoms with E-state index < -0.39 is 0 Å². The van der Waals surface area contributed by atoms with E-state index in [2.05, 4.69) is 41.2 Å². The summed E-state index contributed by atoms with van der Waals surface area (Å²) >= 11 is 0. The maximum atomic E-state index is 6.21. The summed E-state index contributed by atoms with van der Waals surface area (Å²) in [4.78, 5) is 0. The van der Waals surface area contributed by atoms with Gasteiger partial charge in [0.15, 0.2) is 0 Å². The molecule has 0 aromatic carbocycles. The molecule has 1 aliphatic heterocycles. The highest BCUT2D eigenvalue weighted by molar-refractivity contribution is 4.94. The van der Waals surface area contributed by atoms with Gasteiger partial charge < -0.3 is 9.47 Å². The third-order valence-electron chi connectivity index (χ3n) is 6.44. The number of hydrogen-bond donors (Lipinski definition) is 0. The van der Waals surface area contributed by atoms with E-state index >= 15 is 0 Å². The maximum Gasteiger partial charge on any atom is 0.0701 e. The average Bonchev–Trinajstić information content (AvgIpc) is 2.65. The van der Waals surface area contributed by atoms with Crippen molar-refractivity contribution >= 4 is 0 Å². The highest BCUT2D eigenvalue weighted by Crippen LogP contribution is 2.50. The van der Waals surface area contributed by atoms with E-state index in [1.807, 2.05) is 0 Å². The molecule has 0 aromatic heterocycles. The van der Waals surface area contributed by atoms with Crippen LogP contribution in [0.2, 0.25) is 0 Å². The highest BCUT2D eigenvalue weighted by Gasteiger charge is 2.43. The second-order valence-electron chi connectivity index (χ2n) is 8.68. The van der Waals surface area contributed by atoms with Crippen molar-refractivity contribution < 1.29 is 9.47 Å². The van der Waals surface area contributed by atoms with Gasteiger partial charge in [0.2, 0.25) is 0 Å². The lowest BCUT2D eigenvalue weighted by molar-refractivity contribution is -0.134. The van der Waals surface area contributed by atoms with E-state index in [-0.39, 0.29) is 5.60 Å². The normalized spacial score (nSPS) is 38.1. The lowest BCUT2D eigenvalue weighted by Crippen LogP contribution is -2.42. The molecule has 2 aliphatic rings. The molecule has 0 aromatic rings. The molecule has 22 heavy (non-hydrogen) atoms. The first-order valence-corrected chi connectivity index (χ1v) is 9.13. The molecule has 2 heteroatoms. The van der Waals surface area contributed by atoms with Crippen molar-refractivity contribution in [1.82, 2.24) is 0 Å². The summed E-state index contributed by atoms with van der Waals surface area (Å²) in [5, 5.41) is 0. The van der Waals surface area contributed by atoms with Gasteiger partial charge in [-0.05, 0) is 63.2 Å². The van der Waals surface area contributed by atoms with Crippen LogP contribution in [-0.4, -0.2) is 24.9 Å². The molecule has 1 aliphatic carbocycles. The van der Waals surface area contributed by atoms with Crippen molar-refractivity contribution in [3.8, 4) is 0 Å². The Labute approximate surface area is 137 Å². The first kappa shape index (κ1) is 18.0. The van der Waals surface area contributed by atoms with E-state index in [0.717, 1.165) is 44.3 Å². The standard InChI is InChI=1S/C20H36O2/c1-15(2)9-11-22-20(6)10-12-21-18(14-20)13-17-8-7-16(3)19(17,4)5/h16-18H,1,7-14H2,2-6H3. The third-order valence-corrected chi connectivity index (χ3v) is 6.44. The van der Waals surface area contributed by atoms with Gasteiger partial charge in [-0.2, -0.15) is 0 Å². The van der Waals surface area contributed by atoms with Crippen LogP contribution in [0.25, 0.3) is 0 Å². The Morgan fingerprint density at radius 3 is 2.59 bits per heavy atom. The van der Waals surface area contributed by atoms with Crippen LogP contribution in [0.3, 0.4) is 0 Å².